The van der Waals surface area contributed by atoms with E-state index in [1.807, 2.05) is 0 Å². The van der Waals surface area contributed by atoms with Crippen LogP contribution in [0.2, 0.25) is 0 Å². The number of nitrogens with one attached hydrogen (secondary N) is 2. The molecule has 0 aliphatic heterocycles. The zero-order valence-electron chi connectivity index (χ0n) is 11.1. The first-order valence-electron chi connectivity index (χ1n) is 5.97. The summed E-state index contributed by atoms with van der Waals surface area (Å²) >= 11 is 0. The van der Waals surface area contributed by atoms with Crippen LogP contribution in [0.1, 0.15) is 20.8 Å². The Hall–Kier alpha value is -2.30. The lowest BCUT2D eigenvalue weighted by molar-refractivity contribution is 0.0636. The van der Waals surface area contributed by atoms with Gasteiger partial charge in [-0.05, 0) is 39.0 Å². The van der Waals surface area contributed by atoms with Crippen molar-refractivity contribution in [1.82, 2.24) is 4.98 Å². The fraction of sp³-hybridized carbons (Fsp3) is 0.286. The van der Waals surface area contributed by atoms with Gasteiger partial charge in [-0.3, -0.25) is 10.1 Å². The number of benzene rings is 1. The zero-order chi connectivity index (χ0) is 14.0. The van der Waals surface area contributed by atoms with Gasteiger partial charge in [0.05, 0.1) is 5.52 Å². The highest BCUT2D eigenvalue weighted by Crippen LogP contribution is 2.16. The van der Waals surface area contributed by atoms with Gasteiger partial charge >= 0.3 is 6.09 Å². The number of H-pyrrole nitrogens is 1. The summed E-state index contributed by atoms with van der Waals surface area (Å²) in [5.74, 6) is 0. The highest BCUT2D eigenvalue weighted by atomic mass is 16.6. The maximum atomic E-state index is 11.6. The van der Waals surface area contributed by atoms with Crippen molar-refractivity contribution in [2.45, 2.75) is 26.4 Å². The Morgan fingerprint density at radius 3 is 2.68 bits per heavy atom. The Balaban J connectivity index is 2.23. The number of pyridine rings is 1. The Kier molecular flexibility index (Phi) is 3.29. The average molecular weight is 260 g/mol. The van der Waals surface area contributed by atoms with Crippen LogP contribution in [0.15, 0.2) is 35.3 Å². The molecule has 1 heterocycles. The molecule has 5 nitrogen and oxygen atoms in total. The van der Waals surface area contributed by atoms with Crippen LogP contribution in [0.3, 0.4) is 0 Å². The number of aromatic nitrogens is 1. The summed E-state index contributed by atoms with van der Waals surface area (Å²) in [5.41, 5.74) is 0.636. The molecule has 0 bridgehead atoms. The molecule has 2 rings (SSSR count). The third-order valence-electron chi connectivity index (χ3n) is 2.40. The molecule has 100 valence electrons. The van der Waals surface area contributed by atoms with Crippen molar-refractivity contribution >= 4 is 22.7 Å². The maximum Gasteiger partial charge on any atom is 0.412 e. The molecule has 1 aromatic heterocycles. The second kappa shape index (κ2) is 4.76. The number of anilines is 1. The van der Waals surface area contributed by atoms with Gasteiger partial charge in [0.15, 0.2) is 5.43 Å². The first kappa shape index (κ1) is 13.1. The predicted octanol–water partition coefficient (Wildman–Crippen LogP) is 2.88. The van der Waals surface area contributed by atoms with Gasteiger partial charge in [-0.1, -0.05) is 0 Å². The largest absolute Gasteiger partial charge is 0.444 e. The number of ether oxygens (including phenoxy) is 1. The van der Waals surface area contributed by atoms with Crippen LogP contribution in [0.4, 0.5) is 10.5 Å². The summed E-state index contributed by atoms with van der Waals surface area (Å²) in [6, 6.07) is 6.49. The highest BCUT2D eigenvalue weighted by molar-refractivity contribution is 5.89. The monoisotopic (exact) mass is 260 g/mol. The van der Waals surface area contributed by atoms with Crippen LogP contribution >= 0.6 is 0 Å². The van der Waals surface area contributed by atoms with Gasteiger partial charge < -0.3 is 9.72 Å². The van der Waals surface area contributed by atoms with E-state index in [1.54, 1.807) is 45.2 Å². The minimum Gasteiger partial charge on any atom is -0.444 e. The summed E-state index contributed by atoms with van der Waals surface area (Å²) in [6.45, 7) is 5.39. The number of aromatic amines is 1. The third-order valence-corrected chi connectivity index (χ3v) is 2.40. The van der Waals surface area contributed by atoms with Crippen LogP contribution in [0.25, 0.3) is 10.9 Å². The van der Waals surface area contributed by atoms with Crippen molar-refractivity contribution in [3.05, 3.63) is 40.7 Å². The lowest BCUT2D eigenvalue weighted by Crippen LogP contribution is -2.27. The Morgan fingerprint density at radius 1 is 1.26 bits per heavy atom. The molecule has 1 aromatic carbocycles. The van der Waals surface area contributed by atoms with Crippen LogP contribution in [0.5, 0.6) is 0 Å². The SMILES string of the molecule is CC(C)(C)OC(=O)Nc1ccc2c(=O)cc[nH]c2c1. The summed E-state index contributed by atoms with van der Waals surface area (Å²) < 4.78 is 5.16. The van der Waals surface area contributed by atoms with Gasteiger partial charge in [-0.25, -0.2) is 4.79 Å². The summed E-state index contributed by atoms with van der Waals surface area (Å²) in [4.78, 5) is 26.2. The van der Waals surface area contributed by atoms with E-state index in [0.29, 0.717) is 16.6 Å². The molecule has 0 saturated heterocycles. The lowest BCUT2D eigenvalue weighted by Gasteiger charge is -2.19. The Labute approximate surface area is 110 Å². The first-order chi connectivity index (χ1) is 8.85. The topological polar surface area (TPSA) is 71.2 Å². The second-order valence-corrected chi connectivity index (χ2v) is 5.23. The Morgan fingerprint density at radius 2 is 2.00 bits per heavy atom. The fourth-order valence-electron chi connectivity index (χ4n) is 1.67. The van der Waals surface area contributed by atoms with Gasteiger partial charge in [0, 0.05) is 23.3 Å². The molecule has 5 heteroatoms. The number of rotatable bonds is 1. The minimum absolute atomic E-state index is 0.0578. The zero-order valence-corrected chi connectivity index (χ0v) is 11.1. The number of hydrogen-bond acceptors (Lipinski definition) is 3. The van der Waals surface area contributed by atoms with Crippen LogP contribution in [-0.4, -0.2) is 16.7 Å². The number of carbonyl (C=O) groups is 1. The van der Waals surface area contributed by atoms with E-state index in [4.69, 9.17) is 4.74 Å². The van der Waals surface area contributed by atoms with E-state index in [-0.39, 0.29) is 5.43 Å². The van der Waals surface area contributed by atoms with Gasteiger partial charge in [0.1, 0.15) is 5.60 Å². The molecule has 0 aliphatic carbocycles. The molecule has 0 radical (unpaired) electrons. The molecule has 1 amide bonds. The minimum atomic E-state index is -0.546. The smallest absolute Gasteiger partial charge is 0.412 e. The lowest BCUT2D eigenvalue weighted by atomic mass is 10.2. The fourth-order valence-corrected chi connectivity index (χ4v) is 1.67. The van der Waals surface area contributed by atoms with Crippen LogP contribution < -0.4 is 10.7 Å². The molecular weight excluding hydrogens is 244 g/mol. The summed E-state index contributed by atoms with van der Waals surface area (Å²) in [7, 11) is 0. The highest BCUT2D eigenvalue weighted by Gasteiger charge is 2.16. The predicted molar refractivity (Wildman–Crippen MR) is 74.4 cm³/mol. The maximum absolute atomic E-state index is 11.6. The average Bonchev–Trinajstić information content (AvgIpc) is 2.26. The second-order valence-electron chi connectivity index (χ2n) is 5.23. The van der Waals surface area contributed by atoms with Crippen molar-refractivity contribution in [2.24, 2.45) is 0 Å². The number of carbonyl (C=O) groups excluding carboxylic acids is 1. The number of fused-ring (bicyclic) bond motifs is 1. The van der Waals surface area contributed by atoms with Crippen LogP contribution in [-0.2, 0) is 4.74 Å². The molecular formula is C14H16N2O3. The standard InChI is InChI=1S/C14H16N2O3/c1-14(2,3)19-13(18)16-9-4-5-10-11(8-9)15-7-6-12(10)17/h4-8H,1-3H3,(H,15,17)(H,16,18). The summed E-state index contributed by atoms with van der Waals surface area (Å²) in [5, 5.41) is 3.21. The normalized spacial score (nSPS) is 11.3. The molecule has 2 N–H and O–H groups in total. The van der Waals surface area contributed by atoms with Crippen LogP contribution in [0, 0.1) is 0 Å². The van der Waals surface area contributed by atoms with Crippen molar-refractivity contribution in [3.8, 4) is 0 Å². The molecule has 0 fully saturated rings. The molecule has 19 heavy (non-hydrogen) atoms. The third kappa shape index (κ3) is 3.34. The van der Waals surface area contributed by atoms with E-state index in [0.717, 1.165) is 0 Å². The van der Waals surface area contributed by atoms with E-state index in [1.165, 1.54) is 6.07 Å². The van der Waals surface area contributed by atoms with Gasteiger partial charge in [-0.2, -0.15) is 0 Å². The van der Waals surface area contributed by atoms with E-state index in [2.05, 4.69) is 10.3 Å². The van der Waals surface area contributed by atoms with E-state index >= 15 is 0 Å². The summed E-state index contributed by atoms with van der Waals surface area (Å²) in [6.07, 6.45) is 1.05. The number of amides is 1. The molecule has 0 atom stereocenters. The Bertz CT molecular complexity index is 668. The van der Waals surface area contributed by atoms with Crippen molar-refractivity contribution in [1.29, 1.82) is 0 Å². The van der Waals surface area contributed by atoms with Crippen molar-refractivity contribution in [3.63, 3.8) is 0 Å². The molecule has 2 aromatic rings. The molecule has 0 unspecified atom stereocenters. The van der Waals surface area contributed by atoms with Gasteiger partial charge in [0.25, 0.3) is 0 Å². The van der Waals surface area contributed by atoms with Crippen molar-refractivity contribution in [2.75, 3.05) is 5.32 Å². The van der Waals surface area contributed by atoms with E-state index in [9.17, 15) is 9.59 Å². The quantitative estimate of drug-likeness (QED) is 0.828. The molecule has 0 saturated carbocycles. The van der Waals surface area contributed by atoms with Gasteiger partial charge in [0.2, 0.25) is 0 Å². The van der Waals surface area contributed by atoms with Gasteiger partial charge in [-0.15, -0.1) is 0 Å². The van der Waals surface area contributed by atoms with Crippen molar-refractivity contribution < 1.29 is 9.53 Å². The number of hydrogen-bond donors (Lipinski definition) is 2. The first-order valence-corrected chi connectivity index (χ1v) is 5.97. The van der Waals surface area contributed by atoms with E-state index < -0.39 is 11.7 Å². The molecule has 0 aliphatic rings. The molecule has 0 spiro atoms.